The molecule has 1 saturated carbocycles. The molecule has 0 radical (unpaired) electrons. The molecule has 1 atom stereocenters. The van der Waals surface area contributed by atoms with E-state index >= 15 is 0 Å². The van der Waals surface area contributed by atoms with Crippen LogP contribution in [0.4, 0.5) is 5.69 Å². The largest absolute Gasteiger partial charge is 0.340 e. The lowest BCUT2D eigenvalue weighted by atomic mass is 9.90. The molecule has 4 heteroatoms. The molecule has 1 aliphatic heterocycles. The molecule has 1 N–H and O–H groups in total. The van der Waals surface area contributed by atoms with Crippen molar-refractivity contribution in [1.82, 2.24) is 5.32 Å². The Hall–Kier alpha value is -1.84. The molecule has 0 aromatic heterocycles. The Balaban J connectivity index is 2.06. The van der Waals surface area contributed by atoms with Crippen LogP contribution in [0.2, 0.25) is 0 Å². The van der Waals surface area contributed by atoms with Crippen molar-refractivity contribution in [2.24, 2.45) is 0 Å². The summed E-state index contributed by atoms with van der Waals surface area (Å²) in [7, 11) is 0. The fourth-order valence-corrected chi connectivity index (χ4v) is 3.60. The number of carbonyl (C=O) groups excluding carboxylic acids is 2. The number of hydrogen-bond donors (Lipinski definition) is 1. The zero-order chi connectivity index (χ0) is 15.0. The first-order valence-corrected chi connectivity index (χ1v) is 7.82. The van der Waals surface area contributed by atoms with Crippen LogP contribution in [0.5, 0.6) is 0 Å². The van der Waals surface area contributed by atoms with Gasteiger partial charge in [0.05, 0.1) is 0 Å². The summed E-state index contributed by atoms with van der Waals surface area (Å²) in [6.45, 7) is 3.88. The van der Waals surface area contributed by atoms with Gasteiger partial charge in [-0.05, 0) is 37.8 Å². The van der Waals surface area contributed by atoms with Crippen LogP contribution in [0, 0.1) is 0 Å². The third-order valence-electron chi connectivity index (χ3n) is 4.85. The normalized spacial score (nSPS) is 24.5. The highest BCUT2D eigenvalue weighted by molar-refractivity contribution is 6.11. The van der Waals surface area contributed by atoms with Crippen molar-refractivity contribution < 1.29 is 9.59 Å². The molecule has 1 saturated heterocycles. The molecule has 1 spiro atoms. The summed E-state index contributed by atoms with van der Waals surface area (Å²) < 4.78 is 0. The van der Waals surface area contributed by atoms with Crippen molar-refractivity contribution >= 4 is 17.5 Å². The number of aryl methyl sites for hydroxylation is 1. The van der Waals surface area contributed by atoms with Gasteiger partial charge < -0.3 is 5.32 Å². The van der Waals surface area contributed by atoms with E-state index in [9.17, 15) is 9.59 Å². The van der Waals surface area contributed by atoms with Gasteiger partial charge in [0, 0.05) is 5.69 Å². The Morgan fingerprint density at radius 3 is 2.57 bits per heavy atom. The predicted molar refractivity (Wildman–Crippen MR) is 82.1 cm³/mol. The molecule has 1 unspecified atom stereocenters. The average molecular weight is 286 g/mol. The van der Waals surface area contributed by atoms with Gasteiger partial charge in [0.25, 0.3) is 5.91 Å². The molecule has 2 amide bonds. The Morgan fingerprint density at radius 2 is 1.90 bits per heavy atom. The zero-order valence-electron chi connectivity index (χ0n) is 12.7. The van der Waals surface area contributed by atoms with Gasteiger partial charge in [-0.2, -0.15) is 0 Å². The highest BCUT2D eigenvalue weighted by atomic mass is 16.2. The van der Waals surface area contributed by atoms with Gasteiger partial charge in [0.15, 0.2) is 0 Å². The van der Waals surface area contributed by atoms with Gasteiger partial charge in [-0.15, -0.1) is 0 Å². The van der Waals surface area contributed by atoms with Crippen molar-refractivity contribution in [2.45, 2.75) is 57.5 Å². The van der Waals surface area contributed by atoms with Gasteiger partial charge in [-0.1, -0.05) is 38.0 Å². The minimum absolute atomic E-state index is 0.0394. The maximum Gasteiger partial charge on any atom is 0.253 e. The standard InChI is InChI=1S/C17H22N2O2/c1-3-13-8-4-5-9-14(13)19-12(2)15(20)18-17(16(19)21)10-6-7-11-17/h4-5,8-9,12H,3,6-7,10-11H2,1-2H3,(H,18,20). The number of nitrogens with zero attached hydrogens (tertiary/aromatic N) is 1. The van der Waals surface area contributed by atoms with Crippen LogP contribution in [-0.4, -0.2) is 23.4 Å². The molecule has 2 aliphatic rings. The summed E-state index contributed by atoms with van der Waals surface area (Å²) in [5.74, 6) is 0.0235. The van der Waals surface area contributed by atoms with E-state index in [2.05, 4.69) is 12.2 Å². The second-order valence-corrected chi connectivity index (χ2v) is 6.11. The van der Waals surface area contributed by atoms with Crippen LogP contribution in [0.3, 0.4) is 0 Å². The van der Waals surface area contributed by atoms with E-state index in [-0.39, 0.29) is 11.8 Å². The molecule has 0 bridgehead atoms. The lowest BCUT2D eigenvalue weighted by Gasteiger charge is -2.43. The summed E-state index contributed by atoms with van der Waals surface area (Å²) >= 11 is 0. The summed E-state index contributed by atoms with van der Waals surface area (Å²) in [6.07, 6.45) is 4.37. The van der Waals surface area contributed by atoms with Gasteiger partial charge >= 0.3 is 0 Å². The SMILES string of the molecule is CCc1ccccc1N1C(=O)C2(CCCC2)NC(=O)C1C. The number of carbonyl (C=O) groups is 2. The lowest BCUT2D eigenvalue weighted by Crippen LogP contribution is -2.69. The average Bonchev–Trinajstić information content (AvgIpc) is 2.96. The van der Waals surface area contributed by atoms with Crippen LogP contribution in [0.25, 0.3) is 0 Å². The van der Waals surface area contributed by atoms with Crippen molar-refractivity contribution in [3.8, 4) is 0 Å². The number of piperazine rings is 1. The van der Waals surface area contributed by atoms with Gasteiger partial charge in [0.1, 0.15) is 11.6 Å². The Labute approximate surface area is 125 Å². The number of rotatable bonds is 2. The first-order valence-electron chi connectivity index (χ1n) is 7.82. The molecular formula is C17H22N2O2. The van der Waals surface area contributed by atoms with Crippen LogP contribution in [0.1, 0.15) is 45.1 Å². The van der Waals surface area contributed by atoms with E-state index in [4.69, 9.17) is 0 Å². The molecule has 3 rings (SSSR count). The van der Waals surface area contributed by atoms with E-state index in [1.807, 2.05) is 31.2 Å². The molecular weight excluding hydrogens is 264 g/mol. The number of hydrogen-bond acceptors (Lipinski definition) is 2. The fraction of sp³-hybridized carbons (Fsp3) is 0.529. The van der Waals surface area contributed by atoms with Crippen LogP contribution in [0.15, 0.2) is 24.3 Å². The molecule has 112 valence electrons. The third kappa shape index (κ3) is 2.13. The summed E-state index contributed by atoms with van der Waals surface area (Å²) in [5.41, 5.74) is 1.34. The molecule has 1 aromatic rings. The molecule has 1 aromatic carbocycles. The highest BCUT2D eigenvalue weighted by Crippen LogP contribution is 2.37. The summed E-state index contributed by atoms with van der Waals surface area (Å²) in [5, 5.41) is 3.00. The Kier molecular flexibility index (Phi) is 3.47. The summed E-state index contributed by atoms with van der Waals surface area (Å²) in [4.78, 5) is 27.2. The van der Waals surface area contributed by atoms with Crippen LogP contribution < -0.4 is 10.2 Å². The second kappa shape index (κ2) is 5.17. The van der Waals surface area contributed by atoms with Gasteiger partial charge in [0.2, 0.25) is 5.91 Å². The predicted octanol–water partition coefficient (Wildman–Crippen LogP) is 2.41. The number of amides is 2. The fourth-order valence-electron chi connectivity index (χ4n) is 3.60. The van der Waals surface area contributed by atoms with E-state index in [1.165, 1.54) is 0 Å². The third-order valence-corrected chi connectivity index (χ3v) is 4.85. The first-order chi connectivity index (χ1) is 10.1. The minimum Gasteiger partial charge on any atom is -0.340 e. The lowest BCUT2D eigenvalue weighted by molar-refractivity contribution is -0.137. The Morgan fingerprint density at radius 1 is 1.24 bits per heavy atom. The van der Waals surface area contributed by atoms with Crippen LogP contribution in [-0.2, 0) is 16.0 Å². The molecule has 1 aliphatic carbocycles. The monoisotopic (exact) mass is 286 g/mol. The van der Waals surface area contributed by atoms with E-state index in [1.54, 1.807) is 4.90 Å². The van der Waals surface area contributed by atoms with E-state index in [0.29, 0.717) is 0 Å². The maximum absolute atomic E-state index is 13.1. The smallest absolute Gasteiger partial charge is 0.253 e. The van der Waals surface area contributed by atoms with E-state index < -0.39 is 11.6 Å². The Bertz CT molecular complexity index is 576. The van der Waals surface area contributed by atoms with Gasteiger partial charge in [-0.3, -0.25) is 14.5 Å². The second-order valence-electron chi connectivity index (χ2n) is 6.11. The molecule has 21 heavy (non-hydrogen) atoms. The number of benzene rings is 1. The zero-order valence-corrected chi connectivity index (χ0v) is 12.7. The molecule has 2 fully saturated rings. The number of nitrogens with one attached hydrogen (secondary N) is 1. The number of para-hydroxylation sites is 1. The quantitative estimate of drug-likeness (QED) is 0.907. The molecule has 1 heterocycles. The van der Waals surface area contributed by atoms with Gasteiger partial charge in [-0.25, -0.2) is 0 Å². The first kappa shape index (κ1) is 14.1. The summed E-state index contributed by atoms with van der Waals surface area (Å²) in [6, 6.07) is 7.45. The van der Waals surface area contributed by atoms with Crippen molar-refractivity contribution in [1.29, 1.82) is 0 Å². The topological polar surface area (TPSA) is 49.4 Å². The maximum atomic E-state index is 13.1. The minimum atomic E-state index is -0.662. The van der Waals surface area contributed by atoms with Crippen molar-refractivity contribution in [3.05, 3.63) is 29.8 Å². The van der Waals surface area contributed by atoms with Crippen molar-refractivity contribution in [2.75, 3.05) is 4.90 Å². The van der Waals surface area contributed by atoms with Crippen molar-refractivity contribution in [3.63, 3.8) is 0 Å². The van der Waals surface area contributed by atoms with Crippen LogP contribution >= 0.6 is 0 Å². The number of anilines is 1. The highest BCUT2D eigenvalue weighted by Gasteiger charge is 2.51. The van der Waals surface area contributed by atoms with E-state index in [0.717, 1.165) is 43.4 Å². The molecule has 4 nitrogen and oxygen atoms in total.